The van der Waals surface area contributed by atoms with Crippen LogP contribution in [0.3, 0.4) is 0 Å². The molecule has 72 valence electrons. The first-order valence-electron chi connectivity index (χ1n) is 5.11. The Labute approximate surface area is 82.5 Å². The van der Waals surface area contributed by atoms with Gasteiger partial charge in [-0.15, -0.1) is 0 Å². The average Bonchev–Trinajstić information content (AvgIpc) is 2.99. The summed E-state index contributed by atoms with van der Waals surface area (Å²) >= 11 is 0. The van der Waals surface area contributed by atoms with Crippen LogP contribution in [0.4, 0.5) is 0 Å². The molecule has 0 radical (unpaired) electrons. The summed E-state index contributed by atoms with van der Waals surface area (Å²) in [7, 11) is 0. The van der Waals surface area contributed by atoms with Crippen molar-refractivity contribution in [3.63, 3.8) is 0 Å². The predicted molar refractivity (Wildman–Crippen MR) is 50.6 cm³/mol. The molecule has 1 aliphatic heterocycles. The van der Waals surface area contributed by atoms with Crippen molar-refractivity contribution in [3.8, 4) is 6.07 Å². The lowest BCUT2D eigenvalue weighted by Gasteiger charge is -2.10. The Balaban J connectivity index is 2.12. The van der Waals surface area contributed by atoms with Crippen LogP contribution in [0.25, 0.3) is 0 Å². The lowest BCUT2D eigenvalue weighted by molar-refractivity contribution is 0.610. The fraction of sp³-hybridized carbons (Fsp3) is 0.600. The molecule has 0 saturated heterocycles. The summed E-state index contributed by atoms with van der Waals surface area (Å²) in [5.74, 6) is 0. The Bertz CT molecular complexity index is 408. The highest BCUT2D eigenvalue weighted by atomic mass is 15.3. The number of hydrogen-bond donors (Lipinski definition) is 1. The van der Waals surface area contributed by atoms with Crippen molar-refractivity contribution in [2.24, 2.45) is 0 Å². The molecular weight excluding hydrogens is 176 g/mol. The van der Waals surface area contributed by atoms with Gasteiger partial charge >= 0.3 is 0 Å². The molecule has 0 atom stereocenters. The van der Waals surface area contributed by atoms with Crippen LogP contribution in [-0.2, 0) is 13.0 Å². The van der Waals surface area contributed by atoms with Crippen molar-refractivity contribution in [1.29, 1.82) is 5.26 Å². The highest BCUT2D eigenvalue weighted by Gasteiger charge is 2.30. The second-order valence-corrected chi connectivity index (χ2v) is 3.99. The molecule has 2 aliphatic rings. The van der Waals surface area contributed by atoms with Crippen molar-refractivity contribution in [3.05, 3.63) is 17.0 Å². The maximum Gasteiger partial charge on any atom is 0.143 e. The van der Waals surface area contributed by atoms with E-state index in [-0.39, 0.29) is 0 Å². The van der Waals surface area contributed by atoms with Crippen molar-refractivity contribution < 1.29 is 0 Å². The molecule has 0 bridgehead atoms. The van der Waals surface area contributed by atoms with Crippen molar-refractivity contribution in [1.82, 2.24) is 15.1 Å². The molecule has 0 unspecified atom stereocenters. The van der Waals surface area contributed by atoms with E-state index in [0.717, 1.165) is 36.5 Å². The lowest BCUT2D eigenvalue weighted by Crippen LogP contribution is -2.23. The van der Waals surface area contributed by atoms with Gasteiger partial charge in [0.15, 0.2) is 0 Å². The maximum atomic E-state index is 9.10. The third kappa shape index (κ3) is 1.06. The molecule has 1 aromatic rings. The van der Waals surface area contributed by atoms with Crippen LogP contribution in [0.15, 0.2) is 0 Å². The summed E-state index contributed by atoms with van der Waals surface area (Å²) in [5.41, 5.74) is 3.05. The zero-order valence-electron chi connectivity index (χ0n) is 7.95. The molecular formula is C10H12N4. The molecule has 2 heterocycles. The number of nitrogens with zero attached hydrogens (tertiary/aromatic N) is 3. The van der Waals surface area contributed by atoms with Crippen LogP contribution in [0.2, 0.25) is 0 Å². The molecule has 1 aromatic heterocycles. The second-order valence-electron chi connectivity index (χ2n) is 3.99. The minimum atomic E-state index is 0.509. The minimum absolute atomic E-state index is 0.509. The topological polar surface area (TPSA) is 53.6 Å². The van der Waals surface area contributed by atoms with E-state index in [1.165, 1.54) is 12.8 Å². The molecule has 3 rings (SSSR count). The second kappa shape index (κ2) is 2.82. The summed E-state index contributed by atoms with van der Waals surface area (Å²) in [4.78, 5) is 0. The summed E-state index contributed by atoms with van der Waals surface area (Å²) in [5, 5.41) is 16.9. The Kier molecular flexibility index (Phi) is 1.62. The number of nitrogens with one attached hydrogen (secondary N) is 1. The fourth-order valence-corrected chi connectivity index (χ4v) is 2.02. The van der Waals surface area contributed by atoms with E-state index in [1.807, 2.05) is 4.68 Å². The Hall–Kier alpha value is -1.34. The van der Waals surface area contributed by atoms with Gasteiger partial charge in [0.05, 0.1) is 11.7 Å². The summed E-state index contributed by atoms with van der Waals surface area (Å²) < 4.78 is 1.94. The lowest BCUT2D eigenvalue weighted by atomic mass is 10.1. The molecule has 4 nitrogen and oxygen atoms in total. The minimum Gasteiger partial charge on any atom is -0.312 e. The van der Waals surface area contributed by atoms with E-state index >= 15 is 0 Å². The highest BCUT2D eigenvalue weighted by molar-refractivity contribution is 5.37. The fourth-order valence-electron chi connectivity index (χ4n) is 2.02. The first-order chi connectivity index (χ1) is 6.90. The van der Waals surface area contributed by atoms with E-state index in [2.05, 4.69) is 16.5 Å². The van der Waals surface area contributed by atoms with Crippen molar-refractivity contribution in [2.45, 2.75) is 31.8 Å². The molecule has 14 heavy (non-hydrogen) atoms. The molecule has 4 heteroatoms. The van der Waals surface area contributed by atoms with Crippen LogP contribution < -0.4 is 5.32 Å². The van der Waals surface area contributed by atoms with Gasteiger partial charge in [-0.25, -0.2) is 0 Å². The van der Waals surface area contributed by atoms with Crippen LogP contribution in [0.1, 0.15) is 35.8 Å². The Morgan fingerprint density at radius 2 is 2.36 bits per heavy atom. The van der Waals surface area contributed by atoms with Gasteiger partial charge in [0.1, 0.15) is 11.8 Å². The first kappa shape index (κ1) is 8.01. The predicted octanol–water partition coefficient (Wildman–Crippen LogP) is 0.735. The number of nitriles is 1. The van der Waals surface area contributed by atoms with E-state index in [4.69, 9.17) is 5.26 Å². The van der Waals surface area contributed by atoms with Gasteiger partial charge in [-0.3, -0.25) is 4.68 Å². The zero-order chi connectivity index (χ0) is 9.54. The van der Waals surface area contributed by atoms with Crippen LogP contribution >= 0.6 is 0 Å². The van der Waals surface area contributed by atoms with Crippen LogP contribution in [0.5, 0.6) is 0 Å². The van der Waals surface area contributed by atoms with Crippen molar-refractivity contribution in [2.75, 3.05) is 6.54 Å². The number of rotatable bonds is 1. The molecule has 0 amide bonds. The van der Waals surface area contributed by atoms with Crippen LogP contribution in [-0.4, -0.2) is 16.3 Å². The number of fused-ring (bicyclic) bond motifs is 1. The van der Waals surface area contributed by atoms with Gasteiger partial charge in [-0.05, 0) is 12.8 Å². The smallest absolute Gasteiger partial charge is 0.143 e. The van der Waals surface area contributed by atoms with Gasteiger partial charge in [-0.2, -0.15) is 10.4 Å². The summed E-state index contributed by atoms with van der Waals surface area (Å²) in [6, 6.07) is 2.79. The largest absolute Gasteiger partial charge is 0.312 e. The Morgan fingerprint density at radius 3 is 3.07 bits per heavy atom. The molecule has 1 aliphatic carbocycles. The maximum absolute atomic E-state index is 9.10. The highest BCUT2D eigenvalue weighted by Crippen LogP contribution is 2.36. The van der Waals surface area contributed by atoms with Gasteiger partial charge in [0.2, 0.25) is 0 Å². The molecule has 0 spiro atoms. The summed E-state index contributed by atoms with van der Waals surface area (Å²) in [6.07, 6.45) is 3.33. The molecule has 1 N–H and O–H groups in total. The van der Waals surface area contributed by atoms with Crippen LogP contribution in [0, 0.1) is 11.3 Å². The van der Waals surface area contributed by atoms with E-state index in [9.17, 15) is 0 Å². The first-order valence-corrected chi connectivity index (χ1v) is 5.11. The summed E-state index contributed by atoms with van der Waals surface area (Å²) in [6.45, 7) is 1.80. The van der Waals surface area contributed by atoms with Gasteiger partial charge in [0, 0.05) is 25.1 Å². The SMILES string of the molecule is N#Cc1c2c(nn1C1CC1)CCNC2. The molecule has 0 aromatic carbocycles. The average molecular weight is 188 g/mol. The number of aromatic nitrogens is 2. The number of hydrogen-bond acceptors (Lipinski definition) is 3. The Morgan fingerprint density at radius 1 is 1.50 bits per heavy atom. The van der Waals surface area contributed by atoms with E-state index in [1.54, 1.807) is 0 Å². The van der Waals surface area contributed by atoms with Crippen molar-refractivity contribution >= 4 is 0 Å². The van der Waals surface area contributed by atoms with E-state index < -0.39 is 0 Å². The molecule has 1 saturated carbocycles. The standard InChI is InChI=1S/C10H12N4/c11-5-10-8-6-12-4-3-9(8)13-14(10)7-1-2-7/h7,12H,1-4,6H2. The third-order valence-electron chi connectivity index (χ3n) is 2.93. The molecule has 1 fully saturated rings. The van der Waals surface area contributed by atoms with Gasteiger partial charge in [-0.1, -0.05) is 0 Å². The third-order valence-corrected chi connectivity index (χ3v) is 2.93. The van der Waals surface area contributed by atoms with Gasteiger partial charge < -0.3 is 5.32 Å². The quantitative estimate of drug-likeness (QED) is 0.707. The normalized spacial score (nSPS) is 20.2. The zero-order valence-corrected chi connectivity index (χ0v) is 7.95. The van der Waals surface area contributed by atoms with Gasteiger partial charge in [0.25, 0.3) is 0 Å². The van der Waals surface area contributed by atoms with E-state index in [0.29, 0.717) is 6.04 Å². The monoisotopic (exact) mass is 188 g/mol.